The molecule has 2 atom stereocenters. The first-order valence-corrected chi connectivity index (χ1v) is 4.18. The molecule has 1 heteroatoms. The highest BCUT2D eigenvalue weighted by atomic mass is 14.9. The summed E-state index contributed by atoms with van der Waals surface area (Å²) in [5.74, 6) is 1.53. The fourth-order valence-corrected chi connectivity index (χ4v) is 1.52. The highest BCUT2D eigenvalue weighted by Gasteiger charge is 2.16. The lowest BCUT2D eigenvalue weighted by Gasteiger charge is -2.26. The van der Waals surface area contributed by atoms with Gasteiger partial charge in [0.05, 0.1) is 0 Å². The third-order valence-corrected chi connectivity index (χ3v) is 2.45. The molecule has 0 spiro atoms. The minimum atomic E-state index is 0.688. The van der Waals surface area contributed by atoms with E-state index in [1.807, 2.05) is 0 Å². The zero-order valence-corrected chi connectivity index (χ0v) is 6.77. The van der Waals surface area contributed by atoms with Crippen molar-refractivity contribution < 1.29 is 0 Å². The Morgan fingerprint density at radius 2 is 2.50 bits per heavy atom. The van der Waals surface area contributed by atoms with Gasteiger partial charge in [0.1, 0.15) is 0 Å². The smallest absolute Gasteiger partial charge is 0.00150 e. The molecule has 1 nitrogen and oxygen atoms in total. The van der Waals surface area contributed by atoms with Crippen LogP contribution in [0.3, 0.4) is 0 Å². The van der Waals surface area contributed by atoms with E-state index in [-0.39, 0.29) is 0 Å². The van der Waals surface area contributed by atoms with Crippen molar-refractivity contribution >= 4 is 0 Å². The van der Waals surface area contributed by atoms with Gasteiger partial charge in [0.2, 0.25) is 0 Å². The molecule has 0 aromatic heterocycles. The Bertz CT molecular complexity index is 103. The minimum Gasteiger partial charge on any atom is -0.316 e. The van der Waals surface area contributed by atoms with Crippen LogP contribution in [-0.4, -0.2) is 13.1 Å². The van der Waals surface area contributed by atoms with E-state index >= 15 is 0 Å². The maximum Gasteiger partial charge on any atom is -0.00150 e. The molecule has 0 radical (unpaired) electrons. The fraction of sp³-hybridized carbons (Fsp3) is 0.778. The molecule has 0 aromatic rings. The predicted octanol–water partition coefficient (Wildman–Crippen LogP) is 1.81. The van der Waals surface area contributed by atoms with Gasteiger partial charge < -0.3 is 5.32 Å². The second-order valence-electron chi connectivity index (χ2n) is 3.20. The molecule has 1 fully saturated rings. The van der Waals surface area contributed by atoms with E-state index in [2.05, 4.69) is 24.9 Å². The third-order valence-electron chi connectivity index (χ3n) is 2.45. The van der Waals surface area contributed by atoms with Gasteiger partial charge >= 0.3 is 0 Å². The van der Waals surface area contributed by atoms with Crippen LogP contribution in [0.2, 0.25) is 0 Å². The maximum atomic E-state index is 3.81. The Balaban J connectivity index is 2.30. The fourth-order valence-electron chi connectivity index (χ4n) is 1.52. The van der Waals surface area contributed by atoms with Crippen LogP contribution in [0, 0.1) is 11.8 Å². The molecule has 0 bridgehead atoms. The van der Waals surface area contributed by atoms with E-state index < -0.39 is 0 Å². The van der Waals surface area contributed by atoms with E-state index in [1.165, 1.54) is 25.9 Å². The minimum absolute atomic E-state index is 0.688. The Morgan fingerprint density at radius 3 is 3.00 bits per heavy atom. The summed E-state index contributed by atoms with van der Waals surface area (Å²) >= 11 is 0. The highest BCUT2D eigenvalue weighted by molar-refractivity contribution is 4.84. The normalized spacial score (nSPS) is 29.5. The van der Waals surface area contributed by atoms with Gasteiger partial charge in [-0.15, -0.1) is 6.58 Å². The van der Waals surface area contributed by atoms with Crippen LogP contribution >= 0.6 is 0 Å². The predicted molar refractivity (Wildman–Crippen MR) is 45.0 cm³/mol. The second-order valence-corrected chi connectivity index (χ2v) is 3.20. The van der Waals surface area contributed by atoms with Gasteiger partial charge in [-0.3, -0.25) is 0 Å². The van der Waals surface area contributed by atoms with Crippen LogP contribution in [0.15, 0.2) is 12.7 Å². The largest absolute Gasteiger partial charge is 0.316 e. The summed E-state index contributed by atoms with van der Waals surface area (Å²) in [5, 5.41) is 3.40. The SMILES string of the molecule is C=CC(C)C1CCCNC1. The molecule has 1 N–H and O–H groups in total. The van der Waals surface area contributed by atoms with Crippen molar-refractivity contribution in [1.29, 1.82) is 0 Å². The van der Waals surface area contributed by atoms with Crippen molar-refractivity contribution in [2.75, 3.05) is 13.1 Å². The monoisotopic (exact) mass is 139 g/mol. The van der Waals surface area contributed by atoms with E-state index in [1.54, 1.807) is 0 Å². The van der Waals surface area contributed by atoms with Gasteiger partial charge in [0.25, 0.3) is 0 Å². The molecule has 10 heavy (non-hydrogen) atoms. The van der Waals surface area contributed by atoms with Crippen molar-refractivity contribution in [3.05, 3.63) is 12.7 Å². The van der Waals surface area contributed by atoms with Crippen LogP contribution in [0.4, 0.5) is 0 Å². The van der Waals surface area contributed by atoms with Crippen molar-refractivity contribution in [2.24, 2.45) is 11.8 Å². The standard InChI is InChI=1S/C9H17N/c1-3-8(2)9-5-4-6-10-7-9/h3,8-10H,1,4-7H2,2H3. The van der Waals surface area contributed by atoms with Crippen molar-refractivity contribution in [2.45, 2.75) is 19.8 Å². The molecule has 0 saturated carbocycles. The summed E-state index contributed by atoms with van der Waals surface area (Å²) in [6, 6.07) is 0. The lowest BCUT2D eigenvalue weighted by molar-refractivity contribution is 0.318. The summed E-state index contributed by atoms with van der Waals surface area (Å²) in [6.45, 7) is 8.46. The number of allylic oxidation sites excluding steroid dienone is 1. The Labute approximate surface area is 63.5 Å². The molecule has 1 rings (SSSR count). The van der Waals surface area contributed by atoms with Crippen molar-refractivity contribution in [1.82, 2.24) is 5.32 Å². The number of piperidine rings is 1. The number of hydrogen-bond acceptors (Lipinski definition) is 1. The molecule has 0 amide bonds. The quantitative estimate of drug-likeness (QED) is 0.575. The van der Waals surface area contributed by atoms with Gasteiger partial charge in [-0.25, -0.2) is 0 Å². The van der Waals surface area contributed by atoms with Crippen molar-refractivity contribution in [3.8, 4) is 0 Å². The molecule has 1 aliphatic rings. The van der Waals surface area contributed by atoms with Crippen molar-refractivity contribution in [3.63, 3.8) is 0 Å². The third kappa shape index (κ3) is 1.84. The molecule has 0 aromatic carbocycles. The molecular weight excluding hydrogens is 122 g/mol. The molecular formula is C9H17N. The molecule has 58 valence electrons. The first-order chi connectivity index (χ1) is 4.84. The van der Waals surface area contributed by atoms with Gasteiger partial charge in [0.15, 0.2) is 0 Å². The average Bonchev–Trinajstić information content (AvgIpc) is 2.05. The molecule has 1 heterocycles. The van der Waals surface area contributed by atoms with Gasteiger partial charge in [-0.05, 0) is 37.8 Å². The van der Waals surface area contributed by atoms with Crippen LogP contribution < -0.4 is 5.32 Å². The summed E-state index contributed by atoms with van der Waals surface area (Å²) < 4.78 is 0. The summed E-state index contributed by atoms with van der Waals surface area (Å²) in [7, 11) is 0. The molecule has 1 aliphatic heterocycles. The molecule has 0 aliphatic carbocycles. The van der Waals surface area contributed by atoms with E-state index in [0.717, 1.165) is 5.92 Å². The van der Waals surface area contributed by atoms with E-state index in [0.29, 0.717) is 5.92 Å². The summed E-state index contributed by atoms with van der Waals surface area (Å²) in [5.41, 5.74) is 0. The summed E-state index contributed by atoms with van der Waals surface area (Å²) in [6.07, 6.45) is 4.78. The zero-order chi connectivity index (χ0) is 7.40. The second kappa shape index (κ2) is 3.77. The maximum absolute atomic E-state index is 3.81. The lowest BCUT2D eigenvalue weighted by atomic mass is 9.88. The number of nitrogens with one attached hydrogen (secondary N) is 1. The Morgan fingerprint density at radius 1 is 1.70 bits per heavy atom. The zero-order valence-electron chi connectivity index (χ0n) is 6.77. The van der Waals surface area contributed by atoms with Crippen LogP contribution in [0.5, 0.6) is 0 Å². The number of hydrogen-bond donors (Lipinski definition) is 1. The average molecular weight is 139 g/mol. The van der Waals surface area contributed by atoms with Gasteiger partial charge in [-0.1, -0.05) is 13.0 Å². The van der Waals surface area contributed by atoms with Gasteiger partial charge in [-0.2, -0.15) is 0 Å². The Kier molecular flexibility index (Phi) is 2.94. The topological polar surface area (TPSA) is 12.0 Å². The number of rotatable bonds is 2. The highest BCUT2D eigenvalue weighted by Crippen LogP contribution is 2.19. The van der Waals surface area contributed by atoms with E-state index in [4.69, 9.17) is 0 Å². The van der Waals surface area contributed by atoms with Crippen LogP contribution in [0.1, 0.15) is 19.8 Å². The lowest BCUT2D eigenvalue weighted by Crippen LogP contribution is -2.32. The Hall–Kier alpha value is -0.300. The summed E-state index contributed by atoms with van der Waals surface area (Å²) in [4.78, 5) is 0. The van der Waals surface area contributed by atoms with Gasteiger partial charge in [0, 0.05) is 0 Å². The van der Waals surface area contributed by atoms with Crippen LogP contribution in [0.25, 0.3) is 0 Å². The van der Waals surface area contributed by atoms with E-state index in [9.17, 15) is 0 Å². The first-order valence-electron chi connectivity index (χ1n) is 4.18. The first kappa shape index (κ1) is 7.80. The molecule has 1 saturated heterocycles. The van der Waals surface area contributed by atoms with Crippen LogP contribution in [-0.2, 0) is 0 Å². The molecule has 2 unspecified atom stereocenters.